The number of hydrogen-bond acceptors (Lipinski definition) is 3. The van der Waals surface area contributed by atoms with Gasteiger partial charge < -0.3 is 4.52 Å². The average Bonchev–Trinajstić information content (AvgIpc) is 2.04. The topological polar surface area (TPSA) is 35.5 Å². The van der Waals surface area contributed by atoms with Crippen molar-refractivity contribution in [1.82, 2.24) is 0 Å². The van der Waals surface area contributed by atoms with Crippen molar-refractivity contribution in [3.63, 3.8) is 0 Å². The van der Waals surface area contributed by atoms with Crippen LogP contribution in [0.3, 0.4) is 0 Å². The van der Waals surface area contributed by atoms with Crippen LogP contribution in [0.5, 0.6) is 0 Å². The van der Waals surface area contributed by atoms with Gasteiger partial charge in [-0.25, -0.2) is 0 Å². The monoisotopic (exact) mass is 202 g/mol. The van der Waals surface area contributed by atoms with E-state index in [0.717, 1.165) is 0 Å². The summed E-state index contributed by atoms with van der Waals surface area (Å²) in [5, 5.41) is 0. The smallest absolute Gasteiger partial charge is 0.309 e. The molecule has 0 N–H and O–H groups in total. The van der Waals surface area contributed by atoms with Gasteiger partial charge in [-0.2, -0.15) is 0 Å². The molecule has 0 saturated heterocycles. The molecule has 0 saturated carbocycles. The van der Waals surface area contributed by atoms with E-state index < -0.39 is 13.2 Å². The Balaban J connectivity index is 4.67. The Morgan fingerprint density at radius 1 is 1.54 bits per heavy atom. The fraction of sp³-hybridized carbons (Fsp3) is 0.556. The Labute approximate surface area is 79.7 Å². The number of hydrogen-bond donors (Lipinski definition) is 0. The van der Waals surface area contributed by atoms with E-state index in [1.165, 1.54) is 12.9 Å². The molecule has 0 bridgehead atoms. The van der Waals surface area contributed by atoms with Crippen LogP contribution < -0.4 is 0 Å². The van der Waals surface area contributed by atoms with Crippen molar-refractivity contribution in [2.75, 3.05) is 7.11 Å². The molecule has 13 heavy (non-hydrogen) atoms. The fourth-order valence-corrected chi connectivity index (χ4v) is 1.97. The van der Waals surface area contributed by atoms with Gasteiger partial charge in [-0.1, -0.05) is 12.0 Å². The maximum Gasteiger partial charge on any atom is 0.355 e. The molecule has 0 amide bonds. The van der Waals surface area contributed by atoms with E-state index in [-0.39, 0.29) is 0 Å². The van der Waals surface area contributed by atoms with Gasteiger partial charge >= 0.3 is 7.60 Å². The normalized spacial score (nSPS) is 16.8. The average molecular weight is 202 g/mol. The molecule has 1 atom stereocenters. The third kappa shape index (κ3) is 4.28. The summed E-state index contributed by atoms with van der Waals surface area (Å²) < 4.78 is 21.7. The summed E-state index contributed by atoms with van der Waals surface area (Å²) in [4.78, 5) is 0. The van der Waals surface area contributed by atoms with Crippen LogP contribution in [-0.2, 0) is 13.6 Å². The highest BCUT2D eigenvalue weighted by molar-refractivity contribution is 7.57. The Bertz CT molecular complexity index is 273. The second-order valence-electron chi connectivity index (χ2n) is 2.95. The van der Waals surface area contributed by atoms with Crippen molar-refractivity contribution in [3.05, 3.63) is 11.9 Å². The highest BCUT2D eigenvalue weighted by atomic mass is 31.2. The van der Waals surface area contributed by atoms with Gasteiger partial charge in [-0.05, 0) is 20.8 Å². The Morgan fingerprint density at radius 3 is 2.38 bits per heavy atom. The molecule has 3 nitrogen and oxygen atoms in total. The lowest BCUT2D eigenvalue weighted by molar-refractivity contribution is 0.142. The van der Waals surface area contributed by atoms with Gasteiger partial charge in [0.1, 0.15) is 5.60 Å². The van der Waals surface area contributed by atoms with Gasteiger partial charge in [0.15, 0.2) is 0 Å². The largest absolute Gasteiger partial charge is 0.355 e. The summed E-state index contributed by atoms with van der Waals surface area (Å²) in [5.41, 5.74) is -0.884. The van der Waals surface area contributed by atoms with E-state index in [2.05, 4.69) is 5.92 Å². The van der Waals surface area contributed by atoms with Gasteiger partial charge in [0, 0.05) is 12.9 Å². The van der Waals surface area contributed by atoms with Crippen LogP contribution in [0.15, 0.2) is 11.9 Å². The van der Waals surface area contributed by atoms with Crippen LogP contribution in [-0.4, -0.2) is 12.7 Å². The van der Waals surface area contributed by atoms with Crippen LogP contribution in [0.2, 0.25) is 0 Å². The molecular weight excluding hydrogens is 187 g/mol. The van der Waals surface area contributed by atoms with Crippen molar-refractivity contribution < 1.29 is 13.6 Å². The quantitative estimate of drug-likeness (QED) is 0.519. The number of rotatable bonds is 4. The molecule has 0 aliphatic heterocycles. The van der Waals surface area contributed by atoms with Gasteiger partial charge in [-0.3, -0.25) is 9.09 Å². The van der Waals surface area contributed by atoms with E-state index in [4.69, 9.17) is 15.5 Å². The van der Waals surface area contributed by atoms with Crippen LogP contribution in [0.4, 0.5) is 0 Å². The maximum atomic E-state index is 11.7. The van der Waals surface area contributed by atoms with Crippen LogP contribution in [0.25, 0.3) is 0 Å². The third-order valence-electron chi connectivity index (χ3n) is 1.29. The van der Waals surface area contributed by atoms with Gasteiger partial charge in [0.05, 0.1) is 0 Å². The Hall–Kier alpha value is -0.550. The zero-order chi connectivity index (χ0) is 10.5. The lowest BCUT2D eigenvalue weighted by atomic mass is 10.2. The second kappa shape index (κ2) is 4.62. The zero-order valence-electron chi connectivity index (χ0n) is 8.40. The second-order valence-corrected chi connectivity index (χ2v) is 4.88. The molecule has 0 spiro atoms. The third-order valence-corrected chi connectivity index (χ3v) is 3.17. The standard InChI is InChI=1S/C9H15O3P/c1-6-8-13(10,11-5)12-9(3,4)7-2/h2,6,8H,1,3-5H3. The molecule has 0 aromatic carbocycles. The molecule has 74 valence electrons. The van der Waals surface area contributed by atoms with Crippen molar-refractivity contribution in [2.24, 2.45) is 0 Å². The molecule has 0 fully saturated rings. The van der Waals surface area contributed by atoms with Crippen molar-refractivity contribution in [2.45, 2.75) is 26.4 Å². The SMILES string of the molecule is C#CC(C)(C)OP(=O)(C=CC)OC. The molecule has 0 aliphatic carbocycles. The molecule has 0 aromatic heterocycles. The fourth-order valence-electron chi connectivity index (χ4n) is 0.656. The van der Waals surface area contributed by atoms with E-state index >= 15 is 0 Å². The first-order chi connectivity index (χ1) is 5.89. The van der Waals surface area contributed by atoms with E-state index in [0.29, 0.717) is 0 Å². The van der Waals surface area contributed by atoms with Gasteiger partial charge in [0.2, 0.25) is 0 Å². The van der Waals surface area contributed by atoms with Gasteiger partial charge in [-0.15, -0.1) is 6.42 Å². The van der Waals surface area contributed by atoms with E-state index in [9.17, 15) is 4.57 Å². The first-order valence-electron chi connectivity index (χ1n) is 3.87. The van der Waals surface area contributed by atoms with Crippen molar-refractivity contribution in [1.29, 1.82) is 0 Å². The molecule has 0 radical (unpaired) electrons. The van der Waals surface area contributed by atoms with E-state index in [1.54, 1.807) is 26.8 Å². The molecule has 1 unspecified atom stereocenters. The Morgan fingerprint density at radius 2 is 2.08 bits per heavy atom. The minimum atomic E-state index is -3.16. The zero-order valence-corrected chi connectivity index (χ0v) is 9.30. The molecule has 0 aliphatic rings. The minimum Gasteiger partial charge on any atom is -0.309 e. The maximum absolute atomic E-state index is 11.7. The molecular formula is C9H15O3P. The summed E-state index contributed by atoms with van der Waals surface area (Å²) in [6.07, 6.45) is 6.80. The van der Waals surface area contributed by atoms with Crippen molar-refractivity contribution in [3.8, 4) is 12.3 Å². The molecule has 0 heterocycles. The van der Waals surface area contributed by atoms with E-state index in [1.807, 2.05) is 0 Å². The highest BCUT2D eigenvalue weighted by Crippen LogP contribution is 2.51. The first kappa shape index (κ1) is 12.4. The first-order valence-corrected chi connectivity index (χ1v) is 5.48. The predicted molar refractivity (Wildman–Crippen MR) is 53.4 cm³/mol. The molecule has 0 rings (SSSR count). The lowest BCUT2D eigenvalue weighted by Crippen LogP contribution is -2.19. The van der Waals surface area contributed by atoms with Gasteiger partial charge in [0.25, 0.3) is 0 Å². The summed E-state index contributed by atoms with van der Waals surface area (Å²) in [6, 6.07) is 0. The summed E-state index contributed by atoms with van der Waals surface area (Å²) >= 11 is 0. The summed E-state index contributed by atoms with van der Waals surface area (Å²) in [7, 11) is -1.83. The molecule has 4 heteroatoms. The number of terminal acetylenes is 1. The lowest BCUT2D eigenvalue weighted by Gasteiger charge is -2.22. The molecule has 0 aromatic rings. The van der Waals surface area contributed by atoms with Crippen LogP contribution in [0.1, 0.15) is 20.8 Å². The van der Waals surface area contributed by atoms with Crippen LogP contribution >= 0.6 is 7.60 Å². The highest BCUT2D eigenvalue weighted by Gasteiger charge is 2.28. The number of allylic oxidation sites excluding steroid dienone is 1. The van der Waals surface area contributed by atoms with Crippen LogP contribution in [0, 0.1) is 12.3 Å². The Kier molecular flexibility index (Phi) is 4.43. The van der Waals surface area contributed by atoms with Crippen molar-refractivity contribution >= 4 is 7.60 Å². The minimum absolute atomic E-state index is 0.884. The predicted octanol–water partition coefficient (Wildman–Crippen LogP) is 2.79. The summed E-state index contributed by atoms with van der Waals surface area (Å²) in [6.45, 7) is 5.04. The summed E-state index contributed by atoms with van der Waals surface area (Å²) in [5.74, 6) is 3.76.